The van der Waals surface area contributed by atoms with Gasteiger partial charge in [0.1, 0.15) is 11.5 Å². The quantitative estimate of drug-likeness (QED) is 0.309. The molecule has 0 atom stereocenters. The van der Waals surface area contributed by atoms with Gasteiger partial charge in [-0.25, -0.2) is 17.5 Å². The first-order chi connectivity index (χ1) is 17.7. The Kier molecular flexibility index (Phi) is 5.35. The Hall–Kier alpha value is -4.42. The number of hydrogen-bond acceptors (Lipinski definition) is 6. The smallest absolute Gasteiger partial charge is 0.209 e. The van der Waals surface area contributed by atoms with E-state index in [1.54, 1.807) is 35.5 Å². The van der Waals surface area contributed by atoms with Crippen molar-refractivity contribution in [1.29, 1.82) is 0 Å². The highest BCUT2D eigenvalue weighted by Crippen LogP contribution is 2.34. The van der Waals surface area contributed by atoms with Gasteiger partial charge < -0.3 is 4.98 Å². The number of hydrogen-bond donors (Lipinski definition) is 3. The third kappa shape index (κ3) is 4.47. The van der Waals surface area contributed by atoms with E-state index in [1.165, 1.54) is 12.1 Å². The third-order valence-corrected chi connectivity index (χ3v) is 6.72. The van der Waals surface area contributed by atoms with E-state index in [0.717, 1.165) is 45.0 Å². The molecule has 37 heavy (non-hydrogen) atoms. The van der Waals surface area contributed by atoms with Crippen molar-refractivity contribution in [1.82, 2.24) is 39.7 Å². The summed E-state index contributed by atoms with van der Waals surface area (Å²) in [5, 5.41) is 13.5. The van der Waals surface area contributed by atoms with Gasteiger partial charge in [-0.3, -0.25) is 19.7 Å². The molecule has 12 heteroatoms. The fourth-order valence-corrected chi connectivity index (χ4v) is 4.79. The largest absolute Gasteiger partial charge is 0.352 e. The predicted molar refractivity (Wildman–Crippen MR) is 138 cm³/mol. The molecular weight excluding hydrogens is 495 g/mol. The van der Waals surface area contributed by atoms with Crippen molar-refractivity contribution in [3.63, 3.8) is 0 Å². The average molecular weight is 517 g/mol. The average Bonchev–Trinajstić information content (AvgIpc) is 3.58. The van der Waals surface area contributed by atoms with Crippen molar-refractivity contribution < 1.29 is 12.8 Å². The number of aromatic nitrogens is 7. The minimum Gasteiger partial charge on any atom is -0.352 e. The minimum absolute atomic E-state index is 0.0159. The van der Waals surface area contributed by atoms with E-state index in [2.05, 4.69) is 35.0 Å². The summed E-state index contributed by atoms with van der Waals surface area (Å²) in [6, 6.07) is 8.37. The second kappa shape index (κ2) is 8.61. The Morgan fingerprint density at radius 3 is 2.65 bits per heavy atom. The number of pyridine rings is 2. The number of halogens is 1. The zero-order valence-corrected chi connectivity index (χ0v) is 20.6. The number of nitrogens with zero attached hydrogens (tertiary/aromatic N) is 5. The number of H-pyrrole nitrogens is 2. The van der Waals surface area contributed by atoms with Crippen molar-refractivity contribution in [2.24, 2.45) is 7.05 Å². The van der Waals surface area contributed by atoms with Crippen LogP contribution in [0.1, 0.15) is 5.56 Å². The van der Waals surface area contributed by atoms with Gasteiger partial charge in [0.2, 0.25) is 10.0 Å². The molecule has 1 aromatic carbocycles. The molecule has 0 fully saturated rings. The molecular formula is C25H21FN8O2S. The molecule has 0 saturated heterocycles. The lowest BCUT2D eigenvalue weighted by Crippen LogP contribution is -2.21. The number of benzene rings is 1. The highest BCUT2D eigenvalue weighted by atomic mass is 32.2. The topological polar surface area (TPSA) is 134 Å². The molecule has 6 aromatic rings. The van der Waals surface area contributed by atoms with Gasteiger partial charge in [0.15, 0.2) is 0 Å². The maximum absolute atomic E-state index is 14.5. The summed E-state index contributed by atoms with van der Waals surface area (Å²) in [6.45, 7) is -0.0159. The second-order valence-corrected chi connectivity index (χ2v) is 10.7. The molecule has 0 aliphatic rings. The Bertz CT molecular complexity index is 1900. The van der Waals surface area contributed by atoms with Gasteiger partial charge in [-0.05, 0) is 41.5 Å². The molecule has 10 nitrogen and oxygen atoms in total. The van der Waals surface area contributed by atoms with Crippen molar-refractivity contribution in [2.45, 2.75) is 6.54 Å². The number of nitrogens with one attached hydrogen (secondary N) is 3. The fraction of sp³-hybridized carbons (Fsp3) is 0.120. The summed E-state index contributed by atoms with van der Waals surface area (Å²) < 4.78 is 41.6. The first kappa shape index (κ1) is 23.0. The third-order valence-electron chi connectivity index (χ3n) is 6.06. The van der Waals surface area contributed by atoms with Crippen LogP contribution in [-0.2, 0) is 23.6 Å². The number of sulfonamides is 1. The summed E-state index contributed by atoms with van der Waals surface area (Å²) in [5.74, 6) is -0.468. The molecule has 186 valence electrons. The molecule has 0 spiro atoms. The Morgan fingerprint density at radius 1 is 1.00 bits per heavy atom. The molecule has 0 aliphatic heterocycles. The van der Waals surface area contributed by atoms with Gasteiger partial charge in [-0.15, -0.1) is 0 Å². The summed E-state index contributed by atoms with van der Waals surface area (Å²) in [7, 11) is -1.56. The number of rotatable bonds is 6. The maximum Gasteiger partial charge on any atom is 0.209 e. The van der Waals surface area contributed by atoms with Gasteiger partial charge >= 0.3 is 0 Å². The molecule has 5 aromatic heterocycles. The van der Waals surface area contributed by atoms with Crippen LogP contribution in [0.15, 0.2) is 61.3 Å². The first-order valence-electron chi connectivity index (χ1n) is 11.3. The van der Waals surface area contributed by atoms with Crippen LogP contribution >= 0.6 is 0 Å². The van der Waals surface area contributed by atoms with Crippen molar-refractivity contribution in [3.05, 3.63) is 72.7 Å². The molecule has 5 heterocycles. The summed E-state index contributed by atoms with van der Waals surface area (Å²) in [6.07, 6.45) is 9.82. The van der Waals surface area contributed by atoms with Gasteiger partial charge in [-0.2, -0.15) is 10.2 Å². The van der Waals surface area contributed by atoms with Crippen LogP contribution in [0.4, 0.5) is 4.39 Å². The van der Waals surface area contributed by atoms with E-state index in [-0.39, 0.29) is 6.54 Å². The predicted octanol–water partition coefficient (Wildman–Crippen LogP) is 3.76. The molecule has 0 amide bonds. The highest BCUT2D eigenvalue weighted by Gasteiger charge is 2.16. The van der Waals surface area contributed by atoms with Gasteiger partial charge in [0.25, 0.3) is 0 Å². The zero-order chi connectivity index (χ0) is 25.7. The molecule has 0 unspecified atom stereocenters. The lowest BCUT2D eigenvalue weighted by atomic mass is 10.0. The number of fused-ring (bicyclic) bond motifs is 2. The lowest BCUT2D eigenvalue weighted by Gasteiger charge is -2.08. The first-order valence-corrected chi connectivity index (χ1v) is 13.2. The van der Waals surface area contributed by atoms with Crippen LogP contribution in [-0.4, -0.2) is 49.6 Å². The molecule has 0 radical (unpaired) electrons. The highest BCUT2D eigenvalue weighted by molar-refractivity contribution is 7.88. The summed E-state index contributed by atoms with van der Waals surface area (Å²) >= 11 is 0. The van der Waals surface area contributed by atoms with Crippen LogP contribution in [0.5, 0.6) is 0 Å². The minimum atomic E-state index is -3.42. The Balaban J connectivity index is 1.43. The van der Waals surface area contributed by atoms with E-state index in [9.17, 15) is 12.8 Å². The van der Waals surface area contributed by atoms with E-state index < -0.39 is 15.8 Å². The van der Waals surface area contributed by atoms with Crippen LogP contribution < -0.4 is 4.72 Å². The normalized spacial score (nSPS) is 12.1. The monoisotopic (exact) mass is 516 g/mol. The number of aryl methyl sites for hydroxylation is 1. The van der Waals surface area contributed by atoms with Crippen LogP contribution in [0, 0.1) is 5.82 Å². The Labute approximate surface area is 210 Å². The van der Waals surface area contributed by atoms with Gasteiger partial charge in [-0.1, -0.05) is 0 Å². The molecule has 0 bridgehead atoms. The molecule has 0 saturated carbocycles. The zero-order valence-electron chi connectivity index (χ0n) is 19.8. The standard InChI is InChI=1S/C25H21FN8O2S/c1-34-13-16(9-29-34)21-7-19-24(12-28-21)32-33-25(19)22-6-18-20(10-27-11-23(18)31-22)15-3-14(4-17(26)5-15)8-30-37(2,35)36/h3-7,9-13,30-31H,8H2,1-2H3,(H,32,33). The van der Waals surface area contributed by atoms with Crippen molar-refractivity contribution in [3.8, 4) is 33.8 Å². The second-order valence-electron chi connectivity index (χ2n) is 8.86. The SMILES string of the molecule is Cn1cc(-c2cc3c(-c4cc5c(-c6cc(F)cc(CNS(C)(=O)=O)c6)cncc5[nH]4)n[nH]c3cn2)cn1. The van der Waals surface area contributed by atoms with Gasteiger partial charge in [0.05, 0.1) is 47.3 Å². The van der Waals surface area contributed by atoms with Crippen LogP contribution in [0.3, 0.4) is 0 Å². The van der Waals surface area contributed by atoms with E-state index in [0.29, 0.717) is 22.4 Å². The molecule has 3 N–H and O–H groups in total. The van der Waals surface area contributed by atoms with Crippen molar-refractivity contribution >= 4 is 31.8 Å². The molecule has 0 aliphatic carbocycles. The maximum atomic E-state index is 14.5. The van der Waals surface area contributed by atoms with E-state index >= 15 is 0 Å². The van der Waals surface area contributed by atoms with Crippen LogP contribution in [0.25, 0.3) is 55.6 Å². The van der Waals surface area contributed by atoms with E-state index in [4.69, 9.17) is 0 Å². The molecule has 6 rings (SSSR count). The van der Waals surface area contributed by atoms with Gasteiger partial charge in [0, 0.05) is 47.9 Å². The van der Waals surface area contributed by atoms with Crippen LogP contribution in [0.2, 0.25) is 0 Å². The Morgan fingerprint density at radius 2 is 1.86 bits per heavy atom. The fourth-order valence-electron chi connectivity index (χ4n) is 4.36. The summed E-state index contributed by atoms with van der Waals surface area (Å²) in [5.41, 5.74) is 6.47. The summed E-state index contributed by atoms with van der Waals surface area (Å²) in [4.78, 5) is 12.2. The van der Waals surface area contributed by atoms with Crippen molar-refractivity contribution in [2.75, 3.05) is 6.26 Å². The van der Waals surface area contributed by atoms with E-state index in [1.807, 2.05) is 25.4 Å². The lowest BCUT2D eigenvalue weighted by molar-refractivity contribution is 0.586. The number of aromatic amines is 2.